The molecule has 0 saturated carbocycles. The summed E-state index contributed by atoms with van der Waals surface area (Å²) in [4.78, 5) is 24.4. The van der Waals surface area contributed by atoms with E-state index in [-0.39, 0.29) is 18.5 Å². The van der Waals surface area contributed by atoms with Crippen molar-refractivity contribution >= 4 is 11.9 Å². The number of nitrogens with one attached hydrogen (secondary N) is 1. The van der Waals surface area contributed by atoms with Crippen LogP contribution in [0.15, 0.2) is 48.6 Å². The highest BCUT2D eigenvalue weighted by molar-refractivity contribution is 5.76. The smallest absolute Gasteiger partial charge is 0.305 e. The Hall–Kier alpha value is -2.18. The molecular weight excluding hydrogens is 743 g/mol. The normalized spacial score (nSPS) is 13.1. The fourth-order valence-corrected chi connectivity index (χ4v) is 7.60. The molecule has 2 unspecified atom stereocenters. The fourth-order valence-electron chi connectivity index (χ4n) is 7.60. The number of hydrogen-bond donors (Lipinski definition) is 3. The topological polar surface area (TPSA) is 95.9 Å². The van der Waals surface area contributed by atoms with Crippen molar-refractivity contribution in [1.82, 2.24) is 5.32 Å². The Labute approximate surface area is 372 Å². The van der Waals surface area contributed by atoms with Crippen LogP contribution in [0.5, 0.6) is 0 Å². The van der Waals surface area contributed by atoms with Crippen molar-refractivity contribution < 1.29 is 24.5 Å². The Morgan fingerprint density at radius 2 is 0.850 bits per heavy atom. The van der Waals surface area contributed by atoms with Crippen LogP contribution < -0.4 is 5.32 Å². The maximum absolute atomic E-state index is 12.4. The zero-order valence-corrected chi connectivity index (χ0v) is 39.7. The summed E-state index contributed by atoms with van der Waals surface area (Å²) in [5, 5.41) is 23.1. The fraction of sp³-hybridized carbons (Fsp3) is 0.815. The molecule has 0 aliphatic rings. The van der Waals surface area contributed by atoms with Gasteiger partial charge in [-0.1, -0.05) is 217 Å². The molecule has 0 bridgehead atoms. The minimum absolute atomic E-state index is 0.0312. The summed E-state index contributed by atoms with van der Waals surface area (Å²) in [6.45, 7) is 4.85. The van der Waals surface area contributed by atoms with E-state index < -0.39 is 12.1 Å². The Balaban J connectivity index is 3.57. The number of unbranched alkanes of at least 4 members (excludes halogenated alkanes) is 28. The summed E-state index contributed by atoms with van der Waals surface area (Å²) in [5.74, 6) is -0.149. The van der Waals surface area contributed by atoms with Gasteiger partial charge in [0.05, 0.1) is 25.4 Å². The van der Waals surface area contributed by atoms with Crippen LogP contribution in [0.3, 0.4) is 0 Å². The number of aliphatic hydroxyl groups is 2. The van der Waals surface area contributed by atoms with Gasteiger partial charge in [0.2, 0.25) is 5.91 Å². The summed E-state index contributed by atoms with van der Waals surface area (Å²) < 4.78 is 5.45. The van der Waals surface area contributed by atoms with Gasteiger partial charge in [0.15, 0.2) is 0 Å². The molecule has 0 aromatic heterocycles. The molecule has 0 aromatic carbocycles. The second kappa shape index (κ2) is 49.5. The van der Waals surface area contributed by atoms with E-state index in [0.29, 0.717) is 32.3 Å². The van der Waals surface area contributed by atoms with Crippen molar-refractivity contribution in [3.63, 3.8) is 0 Å². The number of aliphatic hydroxyl groups excluding tert-OH is 2. The van der Waals surface area contributed by atoms with Crippen LogP contribution in [0, 0.1) is 0 Å². The van der Waals surface area contributed by atoms with Crippen molar-refractivity contribution in [2.75, 3.05) is 13.2 Å². The third kappa shape index (κ3) is 45.3. The first-order valence-corrected chi connectivity index (χ1v) is 25.9. The molecular formula is C54H99NO5. The first-order valence-electron chi connectivity index (χ1n) is 25.9. The lowest BCUT2D eigenvalue weighted by molar-refractivity contribution is -0.143. The number of ether oxygens (including phenoxy) is 1. The molecule has 0 aliphatic heterocycles. The third-order valence-electron chi connectivity index (χ3n) is 11.6. The molecule has 6 heteroatoms. The van der Waals surface area contributed by atoms with Crippen LogP contribution in [0.2, 0.25) is 0 Å². The molecule has 0 heterocycles. The molecule has 60 heavy (non-hydrogen) atoms. The zero-order valence-electron chi connectivity index (χ0n) is 39.7. The number of carbonyl (C=O) groups is 2. The third-order valence-corrected chi connectivity index (χ3v) is 11.6. The molecule has 6 nitrogen and oxygen atoms in total. The van der Waals surface area contributed by atoms with Gasteiger partial charge >= 0.3 is 5.97 Å². The van der Waals surface area contributed by atoms with E-state index in [1.54, 1.807) is 0 Å². The zero-order chi connectivity index (χ0) is 43.7. The quantitative estimate of drug-likeness (QED) is 0.0322. The van der Waals surface area contributed by atoms with Gasteiger partial charge < -0.3 is 20.3 Å². The molecule has 0 fully saturated rings. The van der Waals surface area contributed by atoms with Crippen LogP contribution in [-0.2, 0) is 14.3 Å². The van der Waals surface area contributed by atoms with Crippen LogP contribution in [0.1, 0.15) is 258 Å². The maximum Gasteiger partial charge on any atom is 0.305 e. The van der Waals surface area contributed by atoms with E-state index in [2.05, 4.69) is 61.7 Å². The number of allylic oxidation sites excluding steroid dienone is 8. The van der Waals surface area contributed by atoms with E-state index in [4.69, 9.17) is 4.74 Å². The van der Waals surface area contributed by atoms with E-state index in [0.717, 1.165) is 64.2 Å². The number of amides is 1. The monoisotopic (exact) mass is 842 g/mol. The van der Waals surface area contributed by atoms with Gasteiger partial charge in [-0.05, 0) is 77.0 Å². The lowest BCUT2D eigenvalue weighted by Gasteiger charge is -2.22. The van der Waals surface area contributed by atoms with Crippen molar-refractivity contribution in [1.29, 1.82) is 0 Å². The predicted octanol–water partition coefficient (Wildman–Crippen LogP) is 15.5. The molecule has 0 aliphatic carbocycles. The summed E-state index contributed by atoms with van der Waals surface area (Å²) in [7, 11) is 0. The summed E-state index contributed by atoms with van der Waals surface area (Å²) >= 11 is 0. The Morgan fingerprint density at radius 3 is 1.32 bits per heavy atom. The van der Waals surface area contributed by atoms with E-state index >= 15 is 0 Å². The Morgan fingerprint density at radius 1 is 0.467 bits per heavy atom. The number of rotatable bonds is 47. The van der Waals surface area contributed by atoms with Crippen LogP contribution >= 0.6 is 0 Å². The molecule has 2 atom stereocenters. The van der Waals surface area contributed by atoms with E-state index in [1.807, 2.05) is 6.08 Å². The highest BCUT2D eigenvalue weighted by Gasteiger charge is 2.19. The van der Waals surface area contributed by atoms with E-state index in [9.17, 15) is 19.8 Å². The molecule has 1 amide bonds. The minimum atomic E-state index is -0.700. The minimum Gasteiger partial charge on any atom is -0.466 e. The van der Waals surface area contributed by atoms with Gasteiger partial charge in [0, 0.05) is 12.8 Å². The average molecular weight is 842 g/mol. The molecule has 3 N–H and O–H groups in total. The molecule has 0 rings (SSSR count). The van der Waals surface area contributed by atoms with Crippen LogP contribution in [0.4, 0.5) is 0 Å². The maximum atomic E-state index is 12.4. The molecule has 350 valence electrons. The predicted molar refractivity (Wildman–Crippen MR) is 259 cm³/mol. The van der Waals surface area contributed by atoms with Crippen LogP contribution in [-0.4, -0.2) is 47.4 Å². The average Bonchev–Trinajstić information content (AvgIpc) is 3.25. The van der Waals surface area contributed by atoms with Crippen molar-refractivity contribution in [2.45, 2.75) is 270 Å². The molecule has 0 saturated heterocycles. The first-order chi connectivity index (χ1) is 29.5. The number of carbonyl (C=O) groups excluding carboxylic acids is 2. The Kier molecular flexibility index (Phi) is 47.7. The summed E-state index contributed by atoms with van der Waals surface area (Å²) in [5.41, 5.74) is 0. The van der Waals surface area contributed by atoms with E-state index in [1.165, 1.54) is 154 Å². The van der Waals surface area contributed by atoms with Gasteiger partial charge in [0.25, 0.3) is 0 Å². The molecule has 0 spiro atoms. The first kappa shape index (κ1) is 57.8. The second-order valence-electron chi connectivity index (χ2n) is 17.5. The Bertz CT molecular complexity index is 1020. The number of hydrogen-bond acceptors (Lipinski definition) is 5. The second-order valence-corrected chi connectivity index (χ2v) is 17.5. The summed E-state index contributed by atoms with van der Waals surface area (Å²) in [6.07, 6.45) is 60.9. The lowest BCUT2D eigenvalue weighted by atomic mass is 10.0. The SMILES string of the molecule is CCCCCC/C=C\C/C=C\CCCCCCCC(=O)OCCCCCCCC/C=C\C/C=C\CCC(=O)NC(CO)C(O)CCCCCCCCCCCCCCCC. The van der Waals surface area contributed by atoms with Crippen LogP contribution in [0.25, 0.3) is 0 Å². The number of esters is 1. The standard InChI is InChI=1S/C54H99NO5/c1-3-5-7-9-11-13-15-17-19-20-24-28-32-36-40-44-48-54(59)60-49-45-41-37-33-29-25-21-23-27-31-35-39-43-47-53(58)55-51(50-56)52(57)46-42-38-34-30-26-22-18-16-14-12-10-8-6-4-2/h13,15,19-20,23,27,35,39,51-52,56-57H,3-12,14,16-18,21-22,24-26,28-34,36-38,40-50H2,1-2H3,(H,55,58)/b15-13-,20-19-,27-23-,39-35-. The molecule has 0 aromatic rings. The van der Waals surface area contributed by atoms with Gasteiger partial charge in [-0.3, -0.25) is 9.59 Å². The van der Waals surface area contributed by atoms with Crippen molar-refractivity contribution in [3.05, 3.63) is 48.6 Å². The van der Waals surface area contributed by atoms with Gasteiger partial charge in [-0.25, -0.2) is 0 Å². The van der Waals surface area contributed by atoms with Gasteiger partial charge in [-0.15, -0.1) is 0 Å². The highest BCUT2D eigenvalue weighted by Crippen LogP contribution is 2.15. The largest absolute Gasteiger partial charge is 0.466 e. The highest BCUT2D eigenvalue weighted by atomic mass is 16.5. The summed E-state index contributed by atoms with van der Waals surface area (Å²) in [6, 6.07) is -0.586. The van der Waals surface area contributed by atoms with Crippen molar-refractivity contribution in [3.8, 4) is 0 Å². The van der Waals surface area contributed by atoms with Crippen molar-refractivity contribution in [2.24, 2.45) is 0 Å². The van der Waals surface area contributed by atoms with Gasteiger partial charge in [-0.2, -0.15) is 0 Å². The molecule has 0 radical (unpaired) electrons. The van der Waals surface area contributed by atoms with Gasteiger partial charge in [0.1, 0.15) is 0 Å². The lowest BCUT2D eigenvalue weighted by Crippen LogP contribution is -2.45.